The van der Waals surface area contributed by atoms with E-state index < -0.39 is 10.0 Å². The van der Waals surface area contributed by atoms with Gasteiger partial charge in [-0.25, -0.2) is 0 Å². The lowest BCUT2D eigenvalue weighted by Gasteiger charge is -2.07. The molecular weight excluding hydrogens is 354 g/mol. The van der Waals surface area contributed by atoms with Crippen LogP contribution >= 0.6 is 15.9 Å². The van der Waals surface area contributed by atoms with Crippen molar-refractivity contribution < 1.29 is 13.2 Å². The molecular formula is C15H14BrNO3S. The third kappa shape index (κ3) is 4.15. The monoisotopic (exact) mass is 367 g/mol. The Morgan fingerprint density at radius 1 is 1.10 bits per heavy atom. The molecule has 0 bridgehead atoms. The number of hydrogen-bond acceptors (Lipinski definition) is 3. The molecule has 2 aromatic rings. The number of halogens is 1. The van der Waals surface area contributed by atoms with Gasteiger partial charge in [0.15, 0.2) is 0 Å². The maximum Gasteiger partial charge on any atom is 0.285 e. The molecule has 0 aliphatic rings. The Morgan fingerprint density at radius 3 is 2.29 bits per heavy atom. The van der Waals surface area contributed by atoms with Crippen LogP contribution in [0.25, 0.3) is 0 Å². The highest BCUT2D eigenvalue weighted by atomic mass is 79.9. The van der Waals surface area contributed by atoms with Gasteiger partial charge in [-0.3, -0.25) is 0 Å². The highest BCUT2D eigenvalue weighted by molar-refractivity contribution is 9.10. The van der Waals surface area contributed by atoms with E-state index in [1.807, 2.05) is 6.07 Å². The van der Waals surface area contributed by atoms with Gasteiger partial charge in [-0.1, -0.05) is 34.1 Å². The zero-order valence-corrected chi connectivity index (χ0v) is 13.8. The molecule has 0 spiro atoms. The molecule has 21 heavy (non-hydrogen) atoms. The second-order valence-corrected chi connectivity index (χ2v) is 6.64. The van der Waals surface area contributed by atoms with Crippen molar-refractivity contribution in [1.29, 1.82) is 0 Å². The lowest BCUT2D eigenvalue weighted by atomic mass is 10.2. The zero-order chi connectivity index (χ0) is 15.3. The fourth-order valence-electron chi connectivity index (χ4n) is 1.65. The van der Waals surface area contributed by atoms with Crippen molar-refractivity contribution >= 4 is 31.9 Å². The van der Waals surface area contributed by atoms with Crippen molar-refractivity contribution in [2.75, 3.05) is 6.61 Å². The molecule has 0 saturated carbocycles. The normalized spacial score (nSPS) is 12.2. The van der Waals surface area contributed by atoms with E-state index in [2.05, 4.69) is 20.3 Å². The standard InChI is InChI=1S/C15H14BrNO3S/c1-2-20-15(12-6-4-3-5-7-12)17-21(18,19)14-10-8-13(16)9-11-14/h3-11H,2H2,1H3/b17-15-. The number of nitrogens with zero attached hydrogens (tertiary/aromatic N) is 1. The van der Waals surface area contributed by atoms with Crippen molar-refractivity contribution in [3.05, 3.63) is 64.6 Å². The van der Waals surface area contributed by atoms with E-state index in [1.54, 1.807) is 43.3 Å². The van der Waals surface area contributed by atoms with Gasteiger partial charge in [0.1, 0.15) is 0 Å². The van der Waals surface area contributed by atoms with Crippen LogP contribution in [0.1, 0.15) is 12.5 Å². The molecule has 2 aromatic carbocycles. The predicted molar refractivity (Wildman–Crippen MR) is 85.9 cm³/mol. The van der Waals surface area contributed by atoms with Gasteiger partial charge in [-0.2, -0.15) is 8.42 Å². The van der Waals surface area contributed by atoms with Gasteiger partial charge < -0.3 is 4.74 Å². The maximum absolute atomic E-state index is 12.3. The first-order chi connectivity index (χ1) is 10.0. The molecule has 110 valence electrons. The summed E-state index contributed by atoms with van der Waals surface area (Å²) in [7, 11) is -3.80. The predicted octanol–water partition coefficient (Wildman–Crippen LogP) is 3.62. The number of sulfonamides is 1. The number of rotatable bonds is 4. The van der Waals surface area contributed by atoms with Gasteiger partial charge in [-0.15, -0.1) is 4.40 Å². The lowest BCUT2D eigenvalue weighted by molar-refractivity contribution is 0.329. The van der Waals surface area contributed by atoms with Crippen molar-refractivity contribution in [3.63, 3.8) is 0 Å². The fourth-order valence-corrected chi connectivity index (χ4v) is 2.87. The van der Waals surface area contributed by atoms with Crippen LogP contribution in [0.2, 0.25) is 0 Å². The minimum atomic E-state index is -3.80. The molecule has 0 unspecified atom stereocenters. The van der Waals surface area contributed by atoms with Crippen LogP contribution in [-0.2, 0) is 14.8 Å². The smallest absolute Gasteiger partial charge is 0.285 e. The van der Waals surface area contributed by atoms with E-state index in [1.165, 1.54) is 12.1 Å². The summed E-state index contributed by atoms with van der Waals surface area (Å²) in [4.78, 5) is 0.124. The Morgan fingerprint density at radius 2 is 1.71 bits per heavy atom. The minimum Gasteiger partial charge on any atom is -0.477 e. The average Bonchev–Trinajstić information content (AvgIpc) is 2.48. The van der Waals surface area contributed by atoms with E-state index >= 15 is 0 Å². The second-order valence-electron chi connectivity index (χ2n) is 4.12. The highest BCUT2D eigenvalue weighted by Crippen LogP contribution is 2.18. The highest BCUT2D eigenvalue weighted by Gasteiger charge is 2.16. The molecule has 0 amide bonds. The molecule has 0 fully saturated rings. The second kappa shape index (κ2) is 6.87. The molecule has 0 atom stereocenters. The first-order valence-electron chi connectivity index (χ1n) is 6.31. The van der Waals surface area contributed by atoms with Crippen molar-refractivity contribution in [3.8, 4) is 0 Å². The quantitative estimate of drug-likeness (QED) is 0.612. The van der Waals surface area contributed by atoms with Crippen LogP contribution in [0.15, 0.2) is 68.4 Å². The van der Waals surface area contributed by atoms with Gasteiger partial charge in [0, 0.05) is 10.0 Å². The summed E-state index contributed by atoms with van der Waals surface area (Å²) in [5.74, 6) is 0.0982. The Balaban J connectivity index is 2.44. The Bertz CT molecular complexity index is 725. The van der Waals surface area contributed by atoms with E-state index in [-0.39, 0.29) is 10.8 Å². The molecule has 0 heterocycles. The summed E-state index contributed by atoms with van der Waals surface area (Å²) < 4.78 is 34.6. The molecule has 0 aliphatic carbocycles. The average molecular weight is 368 g/mol. The van der Waals surface area contributed by atoms with E-state index in [0.717, 1.165) is 4.47 Å². The van der Waals surface area contributed by atoms with Crippen molar-refractivity contribution in [1.82, 2.24) is 0 Å². The Labute approximate surface area is 132 Å². The van der Waals surface area contributed by atoms with Gasteiger partial charge in [0.05, 0.1) is 11.5 Å². The van der Waals surface area contributed by atoms with Crippen LogP contribution in [-0.4, -0.2) is 20.9 Å². The summed E-state index contributed by atoms with van der Waals surface area (Å²) in [5, 5.41) is 0. The first-order valence-corrected chi connectivity index (χ1v) is 8.55. The third-order valence-corrected chi connectivity index (χ3v) is 4.42. The van der Waals surface area contributed by atoms with Gasteiger partial charge >= 0.3 is 0 Å². The van der Waals surface area contributed by atoms with E-state index in [4.69, 9.17) is 4.74 Å². The number of benzene rings is 2. The number of hydrogen-bond donors (Lipinski definition) is 0. The molecule has 4 nitrogen and oxygen atoms in total. The molecule has 0 N–H and O–H groups in total. The topological polar surface area (TPSA) is 55.7 Å². The van der Waals surface area contributed by atoms with Crippen molar-refractivity contribution in [2.45, 2.75) is 11.8 Å². The number of ether oxygens (including phenoxy) is 1. The molecule has 6 heteroatoms. The summed E-state index contributed by atoms with van der Waals surface area (Å²) in [6.07, 6.45) is 0. The van der Waals surface area contributed by atoms with Crippen LogP contribution in [0.3, 0.4) is 0 Å². The van der Waals surface area contributed by atoms with Crippen molar-refractivity contribution in [2.24, 2.45) is 4.40 Å². The van der Waals surface area contributed by atoms with Gasteiger partial charge in [-0.05, 0) is 43.3 Å². The van der Waals surface area contributed by atoms with Crippen LogP contribution in [0.4, 0.5) is 0 Å². The van der Waals surface area contributed by atoms with Crippen LogP contribution in [0, 0.1) is 0 Å². The van der Waals surface area contributed by atoms with E-state index in [9.17, 15) is 8.42 Å². The minimum absolute atomic E-state index is 0.0982. The Hall–Kier alpha value is -1.66. The van der Waals surface area contributed by atoms with Gasteiger partial charge in [0.2, 0.25) is 5.90 Å². The Kier molecular flexibility index (Phi) is 5.14. The molecule has 2 rings (SSSR count). The summed E-state index contributed by atoms with van der Waals surface area (Å²) in [5.41, 5.74) is 0.625. The van der Waals surface area contributed by atoms with Gasteiger partial charge in [0.25, 0.3) is 10.0 Å². The molecule has 0 aromatic heterocycles. The molecule has 0 saturated heterocycles. The lowest BCUT2D eigenvalue weighted by Crippen LogP contribution is -2.10. The fraction of sp³-hybridized carbons (Fsp3) is 0.133. The molecule has 0 aliphatic heterocycles. The molecule has 0 radical (unpaired) electrons. The van der Waals surface area contributed by atoms with E-state index in [0.29, 0.717) is 12.2 Å². The largest absolute Gasteiger partial charge is 0.477 e. The zero-order valence-electron chi connectivity index (χ0n) is 11.4. The third-order valence-electron chi connectivity index (χ3n) is 2.62. The summed E-state index contributed by atoms with van der Waals surface area (Å²) in [6.45, 7) is 2.12. The van der Waals surface area contributed by atoms with Crippen LogP contribution in [0.5, 0.6) is 0 Å². The van der Waals surface area contributed by atoms with Crippen LogP contribution < -0.4 is 0 Å². The SMILES string of the molecule is CCO/C(=N\S(=O)(=O)c1ccc(Br)cc1)c1ccccc1. The maximum atomic E-state index is 12.3. The summed E-state index contributed by atoms with van der Waals surface area (Å²) >= 11 is 3.27. The first kappa shape index (κ1) is 15.7. The summed E-state index contributed by atoms with van der Waals surface area (Å²) in [6, 6.07) is 15.3.